The maximum absolute atomic E-state index is 12.8. The highest BCUT2D eigenvalue weighted by molar-refractivity contribution is 7.89. The number of hydrogen-bond donors (Lipinski definition) is 1. The number of hydrogen-bond acceptors (Lipinski definition) is 6. The van der Waals surface area contributed by atoms with Gasteiger partial charge in [-0.25, -0.2) is 13.4 Å². The number of nitrogens with zero attached hydrogens (tertiary/aromatic N) is 2. The zero-order valence-corrected chi connectivity index (χ0v) is 19.2. The average Bonchev–Trinajstić information content (AvgIpc) is 3.33. The van der Waals surface area contributed by atoms with Crippen LogP contribution in [0.15, 0.2) is 64.3 Å². The number of rotatable bonds is 8. The van der Waals surface area contributed by atoms with E-state index in [1.54, 1.807) is 46.2 Å². The summed E-state index contributed by atoms with van der Waals surface area (Å²) >= 11 is 1.50. The molecule has 1 aliphatic rings. The monoisotopic (exact) mass is 471 g/mol. The van der Waals surface area contributed by atoms with Gasteiger partial charge >= 0.3 is 0 Å². The molecule has 0 bridgehead atoms. The minimum atomic E-state index is -3.47. The SMILES string of the molecule is O=C(Cc1ccc(S(=O)(=O)N2CCCCC2)cc1)Nc1ccccc1OCc1cscn1. The van der Waals surface area contributed by atoms with E-state index in [4.69, 9.17) is 4.74 Å². The van der Waals surface area contributed by atoms with E-state index < -0.39 is 10.0 Å². The van der Waals surface area contributed by atoms with E-state index in [0.29, 0.717) is 31.1 Å². The van der Waals surface area contributed by atoms with Crippen LogP contribution in [-0.4, -0.2) is 36.7 Å². The number of carbonyl (C=O) groups excluding carboxylic acids is 1. The van der Waals surface area contributed by atoms with Crippen LogP contribution in [0.2, 0.25) is 0 Å². The first-order chi connectivity index (χ1) is 15.5. The van der Waals surface area contributed by atoms with E-state index in [9.17, 15) is 13.2 Å². The number of benzene rings is 2. The molecule has 32 heavy (non-hydrogen) atoms. The van der Waals surface area contributed by atoms with Crippen LogP contribution >= 0.6 is 11.3 Å². The Balaban J connectivity index is 1.37. The molecular weight excluding hydrogens is 446 g/mol. The quantitative estimate of drug-likeness (QED) is 0.535. The fourth-order valence-electron chi connectivity index (χ4n) is 3.57. The summed E-state index contributed by atoms with van der Waals surface area (Å²) < 4.78 is 32.9. The number of carbonyl (C=O) groups is 1. The van der Waals surface area contributed by atoms with Gasteiger partial charge < -0.3 is 10.1 Å². The van der Waals surface area contributed by atoms with Crippen molar-refractivity contribution in [3.05, 3.63) is 70.7 Å². The van der Waals surface area contributed by atoms with Crippen LogP contribution in [0, 0.1) is 0 Å². The van der Waals surface area contributed by atoms with Gasteiger partial charge in [-0.3, -0.25) is 4.79 Å². The Kier molecular flexibility index (Phi) is 7.19. The first-order valence-corrected chi connectivity index (χ1v) is 12.9. The van der Waals surface area contributed by atoms with Crippen molar-refractivity contribution in [1.82, 2.24) is 9.29 Å². The Morgan fingerprint density at radius 3 is 2.53 bits per heavy atom. The number of aromatic nitrogens is 1. The molecule has 0 radical (unpaired) electrons. The third-order valence-corrected chi connectivity index (χ3v) is 7.81. The Morgan fingerprint density at radius 1 is 1.06 bits per heavy atom. The van der Waals surface area contributed by atoms with Crippen molar-refractivity contribution in [2.24, 2.45) is 0 Å². The molecule has 7 nitrogen and oxygen atoms in total. The molecule has 1 aliphatic heterocycles. The maximum Gasteiger partial charge on any atom is 0.243 e. The predicted octanol–water partition coefficient (Wildman–Crippen LogP) is 4.08. The molecule has 0 aliphatic carbocycles. The summed E-state index contributed by atoms with van der Waals surface area (Å²) in [7, 11) is -3.47. The van der Waals surface area contributed by atoms with Crippen LogP contribution in [0.25, 0.3) is 0 Å². The van der Waals surface area contributed by atoms with Crippen LogP contribution in [0.1, 0.15) is 30.5 Å². The number of sulfonamides is 1. The molecule has 1 fully saturated rings. The molecule has 1 N–H and O–H groups in total. The van der Waals surface area contributed by atoms with Crippen molar-refractivity contribution in [2.45, 2.75) is 37.2 Å². The van der Waals surface area contributed by atoms with Gasteiger partial charge in [0.15, 0.2) is 0 Å². The van der Waals surface area contributed by atoms with Crippen LogP contribution in [0.3, 0.4) is 0 Å². The van der Waals surface area contributed by atoms with Gasteiger partial charge in [-0.2, -0.15) is 4.31 Å². The van der Waals surface area contributed by atoms with E-state index >= 15 is 0 Å². The summed E-state index contributed by atoms with van der Waals surface area (Å²) in [5.74, 6) is 0.359. The maximum atomic E-state index is 12.8. The van der Waals surface area contributed by atoms with E-state index in [1.165, 1.54) is 11.3 Å². The van der Waals surface area contributed by atoms with Crippen molar-refractivity contribution in [1.29, 1.82) is 0 Å². The molecule has 1 saturated heterocycles. The molecule has 168 valence electrons. The average molecular weight is 472 g/mol. The van der Waals surface area contributed by atoms with Gasteiger partial charge in [0.05, 0.1) is 28.2 Å². The predicted molar refractivity (Wildman–Crippen MR) is 124 cm³/mol. The lowest BCUT2D eigenvalue weighted by atomic mass is 10.1. The Labute approximate surface area is 192 Å². The topological polar surface area (TPSA) is 88.6 Å². The Morgan fingerprint density at radius 2 is 1.81 bits per heavy atom. The standard InChI is InChI=1S/C23H25N3O4S2/c27-23(25-21-6-2-3-7-22(21)30-15-19-16-31-17-24-19)14-18-8-10-20(11-9-18)32(28,29)26-12-4-1-5-13-26/h2-3,6-11,16-17H,1,4-5,12-15H2,(H,25,27). The van der Waals surface area contributed by atoms with Crippen LogP contribution in [0.5, 0.6) is 5.75 Å². The van der Waals surface area contributed by atoms with Gasteiger partial charge in [0.25, 0.3) is 0 Å². The van der Waals surface area contributed by atoms with E-state index in [0.717, 1.165) is 30.5 Å². The summed E-state index contributed by atoms with van der Waals surface area (Å²) in [6, 6.07) is 13.8. The van der Waals surface area contributed by atoms with Gasteiger partial charge in [0.2, 0.25) is 15.9 Å². The van der Waals surface area contributed by atoms with E-state index in [1.807, 2.05) is 17.5 Å². The molecular formula is C23H25N3O4S2. The molecule has 0 atom stereocenters. The lowest BCUT2D eigenvalue weighted by Gasteiger charge is -2.25. The number of ether oxygens (including phenoxy) is 1. The molecule has 0 saturated carbocycles. The van der Waals surface area contributed by atoms with E-state index in [2.05, 4.69) is 10.3 Å². The molecule has 3 aromatic rings. The zero-order valence-electron chi connectivity index (χ0n) is 17.6. The lowest BCUT2D eigenvalue weighted by Crippen LogP contribution is -2.35. The third-order valence-electron chi connectivity index (χ3n) is 5.26. The highest BCUT2D eigenvalue weighted by Gasteiger charge is 2.25. The number of thiazole rings is 1. The molecule has 1 amide bonds. The van der Waals surface area contributed by atoms with Crippen molar-refractivity contribution < 1.29 is 17.9 Å². The summed E-state index contributed by atoms with van der Waals surface area (Å²) in [6.07, 6.45) is 2.99. The van der Waals surface area contributed by atoms with Gasteiger partial charge in [0, 0.05) is 18.5 Å². The lowest BCUT2D eigenvalue weighted by molar-refractivity contribution is -0.115. The molecule has 9 heteroatoms. The van der Waals surface area contributed by atoms with Gasteiger partial charge in [-0.05, 0) is 42.7 Å². The second kappa shape index (κ2) is 10.2. The molecule has 1 aromatic heterocycles. The minimum Gasteiger partial charge on any atom is -0.485 e. The van der Waals surface area contributed by atoms with Gasteiger partial charge in [0.1, 0.15) is 12.4 Å². The summed E-state index contributed by atoms with van der Waals surface area (Å²) in [5, 5.41) is 4.79. The summed E-state index contributed by atoms with van der Waals surface area (Å²) in [6.45, 7) is 1.45. The number of para-hydroxylation sites is 2. The first-order valence-electron chi connectivity index (χ1n) is 10.5. The number of amides is 1. The highest BCUT2D eigenvalue weighted by Crippen LogP contribution is 2.25. The Hall–Kier alpha value is -2.75. The second-order valence-electron chi connectivity index (χ2n) is 7.60. The normalized spacial score (nSPS) is 14.8. The van der Waals surface area contributed by atoms with Crippen LogP contribution in [-0.2, 0) is 27.8 Å². The third kappa shape index (κ3) is 5.53. The van der Waals surface area contributed by atoms with Crippen molar-refractivity contribution in [3.8, 4) is 5.75 Å². The van der Waals surface area contributed by atoms with Gasteiger partial charge in [-0.15, -0.1) is 11.3 Å². The molecule has 2 aromatic carbocycles. The van der Waals surface area contributed by atoms with Crippen LogP contribution < -0.4 is 10.1 Å². The second-order valence-corrected chi connectivity index (χ2v) is 10.3. The van der Waals surface area contributed by atoms with Crippen molar-refractivity contribution >= 4 is 33.0 Å². The Bertz CT molecular complexity index is 1140. The number of anilines is 1. The minimum absolute atomic E-state index is 0.129. The van der Waals surface area contributed by atoms with Gasteiger partial charge in [-0.1, -0.05) is 30.7 Å². The number of nitrogens with one attached hydrogen (secondary N) is 1. The van der Waals surface area contributed by atoms with Crippen LogP contribution in [0.4, 0.5) is 5.69 Å². The molecule has 2 heterocycles. The summed E-state index contributed by atoms with van der Waals surface area (Å²) in [5.41, 5.74) is 3.89. The molecule has 4 rings (SSSR count). The number of piperidine rings is 1. The fraction of sp³-hybridized carbons (Fsp3) is 0.304. The zero-order chi connectivity index (χ0) is 22.4. The molecule has 0 unspecified atom stereocenters. The molecule has 0 spiro atoms. The van der Waals surface area contributed by atoms with Crippen molar-refractivity contribution in [2.75, 3.05) is 18.4 Å². The van der Waals surface area contributed by atoms with Crippen molar-refractivity contribution in [3.63, 3.8) is 0 Å². The largest absolute Gasteiger partial charge is 0.485 e. The fourth-order valence-corrected chi connectivity index (χ4v) is 5.63. The van der Waals surface area contributed by atoms with E-state index in [-0.39, 0.29) is 17.2 Å². The summed E-state index contributed by atoms with van der Waals surface area (Å²) in [4.78, 5) is 17.1. The first kappa shape index (κ1) is 22.4. The smallest absolute Gasteiger partial charge is 0.243 e. The highest BCUT2D eigenvalue weighted by atomic mass is 32.2.